The average molecular weight is 358 g/mol. The van der Waals surface area contributed by atoms with Gasteiger partial charge in [0.15, 0.2) is 6.61 Å². The van der Waals surface area contributed by atoms with Crippen LogP contribution in [0.1, 0.15) is 44.1 Å². The first-order valence-corrected chi connectivity index (χ1v) is 10.3. The number of amides is 1. The van der Waals surface area contributed by atoms with Crippen molar-refractivity contribution in [2.75, 3.05) is 33.8 Å². The highest BCUT2D eigenvalue weighted by molar-refractivity contribution is 5.77. The Morgan fingerprint density at radius 1 is 1.08 bits per heavy atom. The molecule has 4 aliphatic carbocycles. The van der Waals surface area contributed by atoms with Crippen LogP contribution >= 0.6 is 0 Å². The lowest BCUT2D eigenvalue weighted by atomic mass is 9.48. The second kappa shape index (κ2) is 7.22. The summed E-state index contributed by atoms with van der Waals surface area (Å²) >= 11 is 0. The van der Waals surface area contributed by atoms with Crippen LogP contribution in [0.25, 0.3) is 0 Å². The van der Waals surface area contributed by atoms with E-state index >= 15 is 0 Å². The number of likely N-dealkylation sites (N-methyl/N-ethyl adjacent to an activating group) is 1. The lowest BCUT2D eigenvalue weighted by molar-refractivity contribution is -0.856. The van der Waals surface area contributed by atoms with Crippen molar-refractivity contribution in [1.82, 2.24) is 5.32 Å². The van der Waals surface area contributed by atoms with E-state index in [4.69, 9.17) is 4.74 Å². The first-order chi connectivity index (χ1) is 12.5. The molecule has 0 aliphatic heterocycles. The van der Waals surface area contributed by atoms with Gasteiger partial charge in [0.1, 0.15) is 5.75 Å². The van der Waals surface area contributed by atoms with Crippen LogP contribution < -0.4 is 15.0 Å². The fourth-order valence-electron chi connectivity index (χ4n) is 6.02. The van der Waals surface area contributed by atoms with Crippen molar-refractivity contribution < 1.29 is 14.4 Å². The fourth-order valence-corrected chi connectivity index (χ4v) is 6.02. The molecule has 26 heavy (non-hydrogen) atoms. The van der Waals surface area contributed by atoms with Gasteiger partial charge in [0.2, 0.25) is 0 Å². The zero-order valence-electron chi connectivity index (χ0n) is 16.2. The van der Waals surface area contributed by atoms with Crippen LogP contribution in [-0.4, -0.2) is 39.7 Å². The molecule has 4 fully saturated rings. The summed E-state index contributed by atoms with van der Waals surface area (Å²) in [6.45, 7) is 1.71. The Kier molecular flexibility index (Phi) is 4.96. The van der Waals surface area contributed by atoms with Gasteiger partial charge in [0, 0.05) is 0 Å². The standard InChI is InChI=1S/C22H32N2O2/c1-24(2)8-7-23-21(25)15-26-20-5-3-19(4-6-20)22-12-16-9-17(13-22)11-18(10-16)14-22/h3-6,16-18H,7-15H2,1-2H3,(H,23,25)/p+1. The van der Waals surface area contributed by atoms with E-state index in [2.05, 4.69) is 43.7 Å². The van der Waals surface area contributed by atoms with Gasteiger partial charge in [-0.1, -0.05) is 12.1 Å². The lowest BCUT2D eigenvalue weighted by Gasteiger charge is -2.57. The molecule has 5 rings (SSSR count). The normalized spacial score (nSPS) is 32.0. The molecule has 1 aromatic rings. The number of ether oxygens (including phenoxy) is 1. The predicted molar refractivity (Wildman–Crippen MR) is 102 cm³/mol. The quantitative estimate of drug-likeness (QED) is 0.781. The van der Waals surface area contributed by atoms with Crippen LogP contribution in [0.4, 0.5) is 0 Å². The minimum atomic E-state index is -0.0450. The monoisotopic (exact) mass is 357 g/mol. The van der Waals surface area contributed by atoms with Gasteiger partial charge >= 0.3 is 0 Å². The number of hydrogen-bond acceptors (Lipinski definition) is 2. The summed E-state index contributed by atoms with van der Waals surface area (Å²) in [7, 11) is 4.15. The van der Waals surface area contributed by atoms with Crippen LogP contribution in [0, 0.1) is 17.8 Å². The zero-order valence-corrected chi connectivity index (χ0v) is 16.2. The number of nitrogens with one attached hydrogen (secondary N) is 2. The Morgan fingerprint density at radius 2 is 1.65 bits per heavy atom. The van der Waals surface area contributed by atoms with Crippen LogP contribution in [0.2, 0.25) is 0 Å². The Hall–Kier alpha value is -1.55. The van der Waals surface area contributed by atoms with Crippen molar-refractivity contribution in [3.8, 4) is 5.75 Å². The summed E-state index contributed by atoms with van der Waals surface area (Å²) in [4.78, 5) is 13.2. The zero-order chi connectivity index (χ0) is 18.1. The van der Waals surface area contributed by atoms with Gasteiger partial charge < -0.3 is 15.0 Å². The number of benzene rings is 1. The van der Waals surface area contributed by atoms with Crippen molar-refractivity contribution in [1.29, 1.82) is 0 Å². The van der Waals surface area contributed by atoms with Gasteiger partial charge in [-0.15, -0.1) is 0 Å². The topological polar surface area (TPSA) is 42.8 Å². The summed E-state index contributed by atoms with van der Waals surface area (Å²) in [5.74, 6) is 3.64. The van der Waals surface area contributed by atoms with E-state index in [1.165, 1.54) is 49.0 Å². The molecular weight excluding hydrogens is 324 g/mol. The molecule has 0 unspecified atom stereocenters. The summed E-state index contributed by atoms with van der Waals surface area (Å²) in [5.41, 5.74) is 1.93. The van der Waals surface area contributed by atoms with Gasteiger partial charge in [0.05, 0.1) is 27.2 Å². The lowest BCUT2D eigenvalue weighted by Crippen LogP contribution is -3.06. The Bertz CT molecular complexity index is 603. The molecule has 0 radical (unpaired) electrons. The molecule has 1 aromatic carbocycles. The van der Waals surface area contributed by atoms with E-state index in [9.17, 15) is 4.79 Å². The molecule has 0 spiro atoms. The highest BCUT2D eigenvalue weighted by atomic mass is 16.5. The molecule has 4 aliphatic rings. The van der Waals surface area contributed by atoms with Crippen molar-refractivity contribution in [2.45, 2.75) is 43.9 Å². The highest BCUT2D eigenvalue weighted by Gasteiger charge is 2.51. The van der Waals surface area contributed by atoms with Crippen molar-refractivity contribution >= 4 is 5.91 Å². The van der Waals surface area contributed by atoms with Gasteiger partial charge in [0.25, 0.3) is 5.91 Å². The minimum absolute atomic E-state index is 0.0450. The maximum atomic E-state index is 11.8. The summed E-state index contributed by atoms with van der Waals surface area (Å²) in [5, 5.41) is 2.90. The molecule has 2 N–H and O–H groups in total. The molecule has 0 heterocycles. The molecule has 4 heteroatoms. The smallest absolute Gasteiger partial charge is 0.258 e. The number of hydrogen-bond donors (Lipinski definition) is 2. The summed E-state index contributed by atoms with van der Waals surface area (Å²) in [6, 6.07) is 8.64. The molecule has 0 saturated heterocycles. The number of rotatable bonds is 7. The Labute approximate surface area is 157 Å². The first-order valence-electron chi connectivity index (χ1n) is 10.3. The van der Waals surface area contributed by atoms with E-state index < -0.39 is 0 Å². The van der Waals surface area contributed by atoms with E-state index in [1.54, 1.807) is 0 Å². The Balaban J connectivity index is 1.32. The van der Waals surface area contributed by atoms with Crippen molar-refractivity contribution in [3.05, 3.63) is 29.8 Å². The molecule has 4 saturated carbocycles. The maximum absolute atomic E-state index is 11.8. The Morgan fingerprint density at radius 3 is 2.19 bits per heavy atom. The second-order valence-corrected chi connectivity index (χ2v) is 9.32. The summed E-state index contributed by atoms with van der Waals surface area (Å²) < 4.78 is 5.68. The second-order valence-electron chi connectivity index (χ2n) is 9.32. The van der Waals surface area contributed by atoms with E-state index in [1.807, 2.05) is 0 Å². The van der Waals surface area contributed by atoms with Gasteiger partial charge in [-0.05, 0) is 79.4 Å². The molecule has 1 amide bonds. The average Bonchev–Trinajstić information content (AvgIpc) is 2.59. The minimum Gasteiger partial charge on any atom is -0.484 e. The van der Waals surface area contributed by atoms with Gasteiger partial charge in [-0.25, -0.2) is 0 Å². The van der Waals surface area contributed by atoms with Crippen LogP contribution in [0.15, 0.2) is 24.3 Å². The molecule has 0 aromatic heterocycles. The third-order valence-electron chi connectivity index (χ3n) is 6.82. The third kappa shape index (κ3) is 3.75. The van der Waals surface area contributed by atoms with Crippen LogP contribution in [0.5, 0.6) is 5.75 Å². The van der Waals surface area contributed by atoms with Crippen molar-refractivity contribution in [2.24, 2.45) is 17.8 Å². The fraction of sp³-hybridized carbons (Fsp3) is 0.682. The van der Waals surface area contributed by atoms with Crippen molar-refractivity contribution in [3.63, 3.8) is 0 Å². The van der Waals surface area contributed by atoms with E-state index in [0.717, 1.165) is 30.0 Å². The molecule has 0 atom stereocenters. The molecular formula is C22H33N2O2+. The molecule has 4 bridgehead atoms. The largest absolute Gasteiger partial charge is 0.484 e. The number of carbonyl (C=O) groups is 1. The number of carbonyl (C=O) groups excluding carboxylic acids is 1. The maximum Gasteiger partial charge on any atom is 0.258 e. The van der Waals surface area contributed by atoms with E-state index in [-0.39, 0.29) is 12.5 Å². The van der Waals surface area contributed by atoms with Crippen LogP contribution in [-0.2, 0) is 10.2 Å². The van der Waals surface area contributed by atoms with Gasteiger partial charge in [-0.3, -0.25) is 4.79 Å². The summed E-state index contributed by atoms with van der Waals surface area (Å²) in [6.07, 6.45) is 8.58. The SMILES string of the molecule is C[NH+](C)CCNC(=O)COc1ccc(C23CC4CC(CC(C4)C2)C3)cc1. The van der Waals surface area contributed by atoms with Crippen LogP contribution in [0.3, 0.4) is 0 Å². The predicted octanol–water partition coefficient (Wildman–Crippen LogP) is 1.79. The molecule has 142 valence electrons. The molecule has 4 nitrogen and oxygen atoms in total. The highest BCUT2D eigenvalue weighted by Crippen LogP contribution is 2.60. The first kappa shape index (κ1) is 17.8. The van der Waals surface area contributed by atoms with E-state index in [0.29, 0.717) is 12.0 Å². The third-order valence-corrected chi connectivity index (χ3v) is 6.82. The number of quaternary nitrogens is 1. The van der Waals surface area contributed by atoms with Gasteiger partial charge in [-0.2, -0.15) is 0 Å².